The SMILES string of the molecule is CCNC(C)c1csc(NS(=O)(=O)CS(C)(=O)=O)n1. The Balaban J connectivity index is 2.79. The first-order valence-electron chi connectivity index (χ1n) is 5.50. The molecule has 0 aliphatic carbocycles. The number of rotatable bonds is 7. The van der Waals surface area contributed by atoms with Gasteiger partial charge in [0.05, 0.1) is 5.69 Å². The number of anilines is 1. The molecule has 0 amide bonds. The molecule has 1 heterocycles. The molecule has 1 atom stereocenters. The molecule has 0 aromatic carbocycles. The molecule has 110 valence electrons. The van der Waals surface area contributed by atoms with Crippen LogP contribution in [0, 0.1) is 0 Å². The van der Waals surface area contributed by atoms with E-state index in [1.807, 2.05) is 13.8 Å². The molecule has 0 aliphatic rings. The zero-order valence-corrected chi connectivity index (χ0v) is 13.3. The van der Waals surface area contributed by atoms with Crippen LogP contribution in [-0.4, -0.2) is 39.7 Å². The van der Waals surface area contributed by atoms with Crippen LogP contribution in [0.4, 0.5) is 5.13 Å². The van der Waals surface area contributed by atoms with Gasteiger partial charge in [0.2, 0.25) is 10.0 Å². The maximum atomic E-state index is 11.6. The Morgan fingerprint density at radius 2 is 2.00 bits per heavy atom. The van der Waals surface area contributed by atoms with Crippen LogP contribution in [0.5, 0.6) is 0 Å². The maximum Gasteiger partial charge on any atom is 0.248 e. The number of nitrogens with zero attached hydrogens (tertiary/aromatic N) is 1. The summed E-state index contributed by atoms with van der Waals surface area (Å²) in [6, 6.07) is 0.00871. The summed E-state index contributed by atoms with van der Waals surface area (Å²) in [5, 5.41) is 4.10. The number of aromatic nitrogens is 1. The van der Waals surface area contributed by atoms with E-state index in [0.717, 1.165) is 24.1 Å². The molecule has 1 aromatic rings. The monoisotopic (exact) mass is 327 g/mol. The number of nitrogens with one attached hydrogen (secondary N) is 2. The Morgan fingerprint density at radius 1 is 1.37 bits per heavy atom. The van der Waals surface area contributed by atoms with Crippen molar-refractivity contribution in [1.82, 2.24) is 10.3 Å². The lowest BCUT2D eigenvalue weighted by Crippen LogP contribution is -2.22. The van der Waals surface area contributed by atoms with Crippen molar-refractivity contribution in [3.63, 3.8) is 0 Å². The number of sulfone groups is 1. The van der Waals surface area contributed by atoms with E-state index in [1.165, 1.54) is 0 Å². The van der Waals surface area contributed by atoms with Crippen molar-refractivity contribution >= 4 is 36.3 Å². The molecule has 0 saturated carbocycles. The molecule has 0 spiro atoms. The summed E-state index contributed by atoms with van der Waals surface area (Å²) in [7, 11) is -7.53. The van der Waals surface area contributed by atoms with Crippen LogP contribution in [0.1, 0.15) is 25.6 Å². The van der Waals surface area contributed by atoms with E-state index in [2.05, 4.69) is 15.0 Å². The normalized spacial score (nSPS) is 14.3. The second-order valence-corrected chi connectivity index (χ2v) is 9.20. The van der Waals surface area contributed by atoms with E-state index in [4.69, 9.17) is 0 Å². The third kappa shape index (κ3) is 5.85. The van der Waals surface area contributed by atoms with E-state index >= 15 is 0 Å². The van der Waals surface area contributed by atoms with Crippen LogP contribution in [-0.2, 0) is 19.9 Å². The average molecular weight is 327 g/mol. The molecule has 1 unspecified atom stereocenters. The minimum Gasteiger partial charge on any atom is -0.309 e. The summed E-state index contributed by atoms with van der Waals surface area (Å²) >= 11 is 1.12. The van der Waals surface area contributed by atoms with Crippen LogP contribution >= 0.6 is 11.3 Å². The molecular weight excluding hydrogens is 310 g/mol. The molecule has 19 heavy (non-hydrogen) atoms. The van der Waals surface area contributed by atoms with Crippen molar-refractivity contribution < 1.29 is 16.8 Å². The number of sulfonamides is 1. The highest BCUT2D eigenvalue weighted by Crippen LogP contribution is 2.21. The van der Waals surface area contributed by atoms with Gasteiger partial charge in [0.1, 0.15) is 0 Å². The summed E-state index contributed by atoms with van der Waals surface area (Å²) < 4.78 is 47.3. The number of thiazole rings is 1. The summed E-state index contributed by atoms with van der Waals surface area (Å²) in [4.78, 5) is 4.11. The van der Waals surface area contributed by atoms with Gasteiger partial charge in [0, 0.05) is 17.7 Å². The van der Waals surface area contributed by atoms with Gasteiger partial charge in [-0.05, 0) is 13.5 Å². The predicted molar refractivity (Wildman–Crippen MR) is 76.5 cm³/mol. The van der Waals surface area contributed by atoms with Gasteiger partial charge in [0.15, 0.2) is 20.1 Å². The Morgan fingerprint density at radius 3 is 2.53 bits per heavy atom. The van der Waals surface area contributed by atoms with E-state index in [1.54, 1.807) is 5.38 Å². The molecular formula is C9H17N3O4S3. The lowest BCUT2D eigenvalue weighted by atomic mass is 10.3. The zero-order chi connectivity index (χ0) is 14.7. The largest absolute Gasteiger partial charge is 0.309 e. The summed E-state index contributed by atoms with van der Waals surface area (Å²) in [6.45, 7) is 4.64. The second-order valence-electron chi connectivity index (χ2n) is 4.12. The lowest BCUT2D eigenvalue weighted by molar-refractivity contribution is 0.586. The third-order valence-corrected chi connectivity index (χ3v) is 6.45. The van der Waals surface area contributed by atoms with Gasteiger partial charge in [-0.15, -0.1) is 11.3 Å². The van der Waals surface area contributed by atoms with Crippen LogP contribution in [0.25, 0.3) is 0 Å². The van der Waals surface area contributed by atoms with E-state index in [9.17, 15) is 16.8 Å². The van der Waals surface area contributed by atoms with E-state index < -0.39 is 24.9 Å². The van der Waals surface area contributed by atoms with Crippen molar-refractivity contribution in [2.45, 2.75) is 19.9 Å². The van der Waals surface area contributed by atoms with Crippen LogP contribution in [0.2, 0.25) is 0 Å². The van der Waals surface area contributed by atoms with Gasteiger partial charge in [-0.1, -0.05) is 6.92 Å². The Kier molecular flexibility index (Phi) is 5.30. The lowest BCUT2D eigenvalue weighted by Gasteiger charge is -2.08. The van der Waals surface area contributed by atoms with Crippen LogP contribution in [0.3, 0.4) is 0 Å². The first-order chi connectivity index (χ1) is 8.63. The molecule has 0 saturated heterocycles. The number of hydrogen-bond acceptors (Lipinski definition) is 7. The molecule has 0 fully saturated rings. The third-order valence-electron chi connectivity index (χ3n) is 2.09. The van der Waals surface area contributed by atoms with Gasteiger partial charge in [-0.3, -0.25) is 4.72 Å². The fourth-order valence-corrected chi connectivity index (χ4v) is 5.41. The number of hydrogen-bond donors (Lipinski definition) is 2. The Hall–Kier alpha value is -0.710. The van der Waals surface area contributed by atoms with E-state index in [-0.39, 0.29) is 11.2 Å². The molecule has 7 nitrogen and oxygen atoms in total. The summed E-state index contributed by atoms with van der Waals surface area (Å²) in [5.74, 6) is 0. The molecule has 0 aliphatic heterocycles. The van der Waals surface area contributed by atoms with Gasteiger partial charge in [-0.25, -0.2) is 21.8 Å². The van der Waals surface area contributed by atoms with Gasteiger partial charge in [0.25, 0.3) is 0 Å². The topological polar surface area (TPSA) is 105 Å². The highest BCUT2D eigenvalue weighted by atomic mass is 32.3. The molecule has 1 rings (SSSR count). The van der Waals surface area contributed by atoms with Crippen molar-refractivity contribution in [2.24, 2.45) is 0 Å². The van der Waals surface area contributed by atoms with Gasteiger partial charge >= 0.3 is 0 Å². The van der Waals surface area contributed by atoms with Crippen molar-refractivity contribution in [3.8, 4) is 0 Å². The minimum atomic E-state index is -3.93. The standard InChI is InChI=1S/C9H17N3O4S3/c1-4-10-7(2)8-5-17-9(11-8)12-19(15,16)6-18(3,13)14/h5,7,10H,4,6H2,1-3H3,(H,11,12). The highest BCUT2D eigenvalue weighted by molar-refractivity contribution is 8.08. The molecule has 2 N–H and O–H groups in total. The Bertz CT molecular complexity index is 621. The highest BCUT2D eigenvalue weighted by Gasteiger charge is 2.20. The molecule has 1 aromatic heterocycles. The first kappa shape index (κ1) is 16.3. The van der Waals surface area contributed by atoms with Crippen LogP contribution < -0.4 is 10.0 Å². The smallest absolute Gasteiger partial charge is 0.248 e. The van der Waals surface area contributed by atoms with Crippen LogP contribution in [0.15, 0.2) is 5.38 Å². The molecule has 0 radical (unpaired) electrons. The first-order valence-corrected chi connectivity index (χ1v) is 10.1. The molecule has 0 bridgehead atoms. The van der Waals surface area contributed by atoms with Crippen molar-refractivity contribution in [2.75, 3.05) is 22.6 Å². The fourth-order valence-electron chi connectivity index (χ4n) is 1.39. The van der Waals surface area contributed by atoms with Gasteiger partial charge < -0.3 is 5.32 Å². The fraction of sp³-hybridized carbons (Fsp3) is 0.667. The van der Waals surface area contributed by atoms with Gasteiger partial charge in [-0.2, -0.15) is 0 Å². The summed E-state index contributed by atoms with van der Waals surface area (Å²) in [5.41, 5.74) is 0.712. The van der Waals surface area contributed by atoms with E-state index in [0.29, 0.717) is 5.69 Å². The average Bonchev–Trinajstić information content (AvgIpc) is 2.61. The zero-order valence-electron chi connectivity index (χ0n) is 10.9. The maximum absolute atomic E-state index is 11.6. The second kappa shape index (κ2) is 6.16. The van der Waals surface area contributed by atoms with Crippen molar-refractivity contribution in [3.05, 3.63) is 11.1 Å². The quantitative estimate of drug-likeness (QED) is 0.758. The summed E-state index contributed by atoms with van der Waals surface area (Å²) in [6.07, 6.45) is 0.868. The molecule has 10 heteroatoms. The van der Waals surface area contributed by atoms with Crippen molar-refractivity contribution in [1.29, 1.82) is 0 Å². The minimum absolute atomic E-state index is 0.00871. The predicted octanol–water partition coefficient (Wildman–Crippen LogP) is 0.557. The Labute approximate surface area is 117 Å².